The van der Waals surface area contributed by atoms with Gasteiger partial charge in [0.25, 0.3) is 0 Å². The quantitative estimate of drug-likeness (QED) is 0.822. The number of amides is 2. The van der Waals surface area contributed by atoms with Gasteiger partial charge >= 0.3 is 0 Å². The van der Waals surface area contributed by atoms with Gasteiger partial charge < -0.3 is 0 Å². The predicted octanol–water partition coefficient (Wildman–Crippen LogP) is 3.00. The molecule has 0 unspecified atom stereocenters. The van der Waals surface area contributed by atoms with Crippen LogP contribution in [0.3, 0.4) is 0 Å². The van der Waals surface area contributed by atoms with E-state index in [0.29, 0.717) is 17.4 Å². The molecule has 114 valence electrons. The van der Waals surface area contributed by atoms with Gasteiger partial charge in [0, 0.05) is 11.4 Å². The second-order valence-electron chi connectivity index (χ2n) is 5.59. The van der Waals surface area contributed by atoms with Crippen LogP contribution in [0, 0.1) is 5.92 Å². The van der Waals surface area contributed by atoms with Gasteiger partial charge in [0.15, 0.2) is 0 Å². The van der Waals surface area contributed by atoms with Crippen LogP contribution in [0.4, 0.5) is 0 Å². The second-order valence-corrected chi connectivity index (χ2v) is 6.03. The lowest BCUT2D eigenvalue weighted by Gasteiger charge is -2.10. The highest BCUT2D eigenvalue weighted by Crippen LogP contribution is 2.28. The number of rotatable bonds is 5. The molecule has 0 atom stereocenters. The molecular formula is C16H21ClN2O2. The minimum absolute atomic E-state index is 0.119. The Kier molecular flexibility index (Phi) is 6.05. The Morgan fingerprint density at radius 2 is 1.67 bits per heavy atom. The molecule has 0 saturated heterocycles. The normalized spacial score (nSPS) is 14.9. The Hall–Kier alpha value is -1.55. The summed E-state index contributed by atoms with van der Waals surface area (Å²) in [4.78, 5) is 23.4. The molecule has 2 amide bonds. The fourth-order valence-corrected chi connectivity index (χ4v) is 2.79. The molecule has 0 bridgehead atoms. The van der Waals surface area contributed by atoms with E-state index in [4.69, 9.17) is 11.6 Å². The van der Waals surface area contributed by atoms with Crippen molar-refractivity contribution in [2.75, 3.05) is 0 Å². The third-order valence-electron chi connectivity index (χ3n) is 3.87. The van der Waals surface area contributed by atoms with Crippen LogP contribution in [0.15, 0.2) is 24.3 Å². The molecule has 1 fully saturated rings. The molecule has 21 heavy (non-hydrogen) atoms. The number of hydrazine groups is 1. The maximum Gasteiger partial charge on any atom is 0.242 e. The molecule has 0 aromatic heterocycles. The molecule has 5 heteroatoms. The minimum Gasteiger partial charge on any atom is -0.273 e. The Morgan fingerprint density at radius 3 is 2.33 bits per heavy atom. The molecule has 2 N–H and O–H groups in total. The molecule has 0 aliphatic heterocycles. The first-order chi connectivity index (χ1) is 10.1. The van der Waals surface area contributed by atoms with Gasteiger partial charge in [-0.1, -0.05) is 49.4 Å². The Labute approximate surface area is 130 Å². The molecule has 0 radical (unpaired) electrons. The van der Waals surface area contributed by atoms with Crippen molar-refractivity contribution in [3.63, 3.8) is 0 Å². The van der Waals surface area contributed by atoms with E-state index in [9.17, 15) is 9.59 Å². The van der Waals surface area contributed by atoms with E-state index in [1.165, 1.54) is 25.7 Å². The molecule has 0 spiro atoms. The van der Waals surface area contributed by atoms with Gasteiger partial charge in [-0.25, -0.2) is 0 Å². The predicted molar refractivity (Wildman–Crippen MR) is 82.6 cm³/mol. The van der Waals surface area contributed by atoms with Crippen molar-refractivity contribution in [3.8, 4) is 0 Å². The summed E-state index contributed by atoms with van der Waals surface area (Å²) in [6.45, 7) is 0. The first kappa shape index (κ1) is 15.8. The van der Waals surface area contributed by atoms with E-state index in [-0.39, 0.29) is 18.2 Å². The zero-order valence-electron chi connectivity index (χ0n) is 12.0. The van der Waals surface area contributed by atoms with Crippen LogP contribution >= 0.6 is 11.6 Å². The summed E-state index contributed by atoms with van der Waals surface area (Å²) in [5, 5.41) is 0.638. The van der Waals surface area contributed by atoms with Crippen LogP contribution in [0.5, 0.6) is 0 Å². The highest BCUT2D eigenvalue weighted by molar-refractivity contribution is 6.30. The van der Waals surface area contributed by atoms with Crippen LogP contribution in [0.25, 0.3) is 0 Å². The van der Waals surface area contributed by atoms with Gasteiger partial charge in [-0.05, 0) is 30.0 Å². The number of benzene rings is 1. The number of nitrogens with one attached hydrogen (secondary N) is 2. The summed E-state index contributed by atoms with van der Waals surface area (Å²) in [6.07, 6.45) is 6.64. The highest BCUT2D eigenvalue weighted by atomic mass is 35.5. The fraction of sp³-hybridized carbons (Fsp3) is 0.500. The van der Waals surface area contributed by atoms with Gasteiger partial charge in [-0.15, -0.1) is 0 Å². The van der Waals surface area contributed by atoms with Gasteiger partial charge in [0.05, 0.1) is 6.42 Å². The number of halogens is 1. The second kappa shape index (κ2) is 8.03. The minimum atomic E-state index is -0.230. The largest absolute Gasteiger partial charge is 0.273 e. The third kappa shape index (κ3) is 5.76. The van der Waals surface area contributed by atoms with Crippen LogP contribution in [0.1, 0.15) is 44.1 Å². The summed E-state index contributed by atoms with van der Waals surface area (Å²) in [5.74, 6) is 0.332. The fourth-order valence-electron chi connectivity index (χ4n) is 2.67. The van der Waals surface area contributed by atoms with E-state index in [0.717, 1.165) is 12.0 Å². The summed E-state index contributed by atoms with van der Waals surface area (Å²) >= 11 is 5.78. The average molecular weight is 309 g/mol. The monoisotopic (exact) mass is 308 g/mol. The smallest absolute Gasteiger partial charge is 0.242 e. The highest BCUT2D eigenvalue weighted by Gasteiger charge is 2.16. The maximum atomic E-state index is 11.7. The zero-order valence-corrected chi connectivity index (χ0v) is 12.8. The Balaban J connectivity index is 1.63. The summed E-state index contributed by atoms with van der Waals surface area (Å²) in [6, 6.07) is 7.07. The number of hydrogen-bond acceptors (Lipinski definition) is 2. The standard InChI is InChI=1S/C16H21ClN2O2/c17-14-8-5-13(6-9-14)11-16(21)19-18-15(20)10-7-12-3-1-2-4-12/h5-6,8-9,12H,1-4,7,10-11H2,(H,18,20)(H,19,21). The van der Waals surface area contributed by atoms with Crippen molar-refractivity contribution in [2.45, 2.75) is 44.9 Å². The Bertz CT molecular complexity index is 482. The summed E-state index contributed by atoms with van der Waals surface area (Å²) < 4.78 is 0. The first-order valence-corrected chi connectivity index (χ1v) is 7.83. The molecule has 1 aliphatic carbocycles. The van der Waals surface area contributed by atoms with Crippen molar-refractivity contribution in [1.29, 1.82) is 0 Å². The first-order valence-electron chi connectivity index (χ1n) is 7.45. The van der Waals surface area contributed by atoms with Crippen molar-refractivity contribution in [3.05, 3.63) is 34.9 Å². The van der Waals surface area contributed by atoms with Crippen LogP contribution in [0.2, 0.25) is 5.02 Å². The van der Waals surface area contributed by atoms with Gasteiger partial charge in [-0.2, -0.15) is 0 Å². The van der Waals surface area contributed by atoms with Crippen molar-refractivity contribution >= 4 is 23.4 Å². The SMILES string of the molecule is O=C(CCC1CCCC1)NNC(=O)Cc1ccc(Cl)cc1. The van der Waals surface area contributed by atoms with E-state index >= 15 is 0 Å². The summed E-state index contributed by atoms with van der Waals surface area (Å²) in [7, 11) is 0. The van der Waals surface area contributed by atoms with E-state index in [2.05, 4.69) is 10.9 Å². The Morgan fingerprint density at radius 1 is 1.05 bits per heavy atom. The molecule has 1 aliphatic rings. The van der Waals surface area contributed by atoms with Crippen molar-refractivity contribution in [2.24, 2.45) is 5.92 Å². The molecule has 2 rings (SSSR count). The average Bonchev–Trinajstić information content (AvgIpc) is 2.99. The zero-order chi connectivity index (χ0) is 15.1. The molecule has 0 heterocycles. The third-order valence-corrected chi connectivity index (χ3v) is 4.13. The topological polar surface area (TPSA) is 58.2 Å². The van der Waals surface area contributed by atoms with Crippen molar-refractivity contribution in [1.82, 2.24) is 10.9 Å². The van der Waals surface area contributed by atoms with Crippen LogP contribution in [-0.4, -0.2) is 11.8 Å². The lowest BCUT2D eigenvalue weighted by molar-refractivity contribution is -0.128. The van der Waals surface area contributed by atoms with Crippen LogP contribution in [-0.2, 0) is 16.0 Å². The van der Waals surface area contributed by atoms with Crippen LogP contribution < -0.4 is 10.9 Å². The number of hydrogen-bond donors (Lipinski definition) is 2. The molecule has 4 nitrogen and oxygen atoms in total. The summed E-state index contributed by atoms with van der Waals surface area (Å²) in [5.41, 5.74) is 5.78. The van der Waals surface area contributed by atoms with Gasteiger partial charge in [-0.3, -0.25) is 20.4 Å². The van der Waals surface area contributed by atoms with Crippen molar-refractivity contribution < 1.29 is 9.59 Å². The molecular weight excluding hydrogens is 288 g/mol. The van der Waals surface area contributed by atoms with E-state index < -0.39 is 0 Å². The van der Waals surface area contributed by atoms with E-state index in [1.54, 1.807) is 24.3 Å². The maximum absolute atomic E-state index is 11.7. The van der Waals surface area contributed by atoms with Gasteiger partial charge in [0.2, 0.25) is 11.8 Å². The molecule has 1 saturated carbocycles. The molecule has 1 aromatic carbocycles. The lowest BCUT2D eigenvalue weighted by atomic mass is 10.0. The lowest BCUT2D eigenvalue weighted by Crippen LogP contribution is -2.42. The molecule has 1 aromatic rings. The number of carbonyl (C=O) groups excluding carboxylic acids is 2. The number of carbonyl (C=O) groups is 2. The van der Waals surface area contributed by atoms with E-state index in [1.807, 2.05) is 0 Å². The van der Waals surface area contributed by atoms with Gasteiger partial charge in [0.1, 0.15) is 0 Å².